The Morgan fingerprint density at radius 2 is 1.88 bits per heavy atom. The van der Waals surface area contributed by atoms with Crippen molar-refractivity contribution >= 4 is 28.8 Å². The van der Waals surface area contributed by atoms with Crippen LogP contribution in [0.5, 0.6) is 0 Å². The molecule has 0 saturated heterocycles. The zero-order valence-corrected chi connectivity index (χ0v) is 19.6. The molecule has 2 aromatic carbocycles. The molecule has 1 aliphatic rings. The minimum Gasteiger partial charge on any atom is -0.350 e. The van der Waals surface area contributed by atoms with Crippen molar-refractivity contribution < 1.29 is 14.0 Å². The average molecular weight is 475 g/mol. The molecule has 0 bridgehead atoms. The molecule has 0 saturated carbocycles. The van der Waals surface area contributed by atoms with E-state index in [-0.39, 0.29) is 30.7 Å². The Labute approximate surface area is 200 Å². The summed E-state index contributed by atoms with van der Waals surface area (Å²) in [6, 6.07) is 19.2. The van der Waals surface area contributed by atoms with Crippen molar-refractivity contribution in [2.45, 2.75) is 32.5 Å². The summed E-state index contributed by atoms with van der Waals surface area (Å²) in [6.07, 6.45) is 0. The highest BCUT2D eigenvalue weighted by atomic mass is 32.1. The molecule has 0 radical (unpaired) electrons. The Kier molecular flexibility index (Phi) is 5.53. The number of hydrogen-bond acceptors (Lipinski definition) is 4. The van der Waals surface area contributed by atoms with Crippen molar-refractivity contribution in [1.82, 2.24) is 15.1 Å². The molecule has 172 valence electrons. The number of rotatable bonds is 5. The van der Waals surface area contributed by atoms with Crippen LogP contribution in [0.4, 0.5) is 10.1 Å². The van der Waals surface area contributed by atoms with E-state index in [1.54, 1.807) is 46.0 Å². The third kappa shape index (κ3) is 3.90. The van der Waals surface area contributed by atoms with E-state index in [1.807, 2.05) is 48.7 Å². The second kappa shape index (κ2) is 8.53. The minimum absolute atomic E-state index is 0.197. The molecule has 0 aliphatic carbocycles. The third-order valence-corrected chi connectivity index (χ3v) is 6.97. The molecule has 3 heterocycles. The molecule has 0 fully saturated rings. The summed E-state index contributed by atoms with van der Waals surface area (Å²) in [6.45, 7) is 4.14. The van der Waals surface area contributed by atoms with Gasteiger partial charge in [0.05, 0.1) is 11.4 Å². The molecule has 1 N–H and O–H groups in total. The minimum atomic E-state index is -1.22. The molecule has 0 spiro atoms. The van der Waals surface area contributed by atoms with Crippen LogP contribution in [-0.4, -0.2) is 27.1 Å². The van der Waals surface area contributed by atoms with Crippen molar-refractivity contribution in [3.05, 3.63) is 94.7 Å². The maximum atomic E-state index is 13.8. The second-order valence-electron chi connectivity index (χ2n) is 8.61. The molecule has 34 heavy (non-hydrogen) atoms. The number of carbonyl (C=O) groups is 2. The summed E-state index contributed by atoms with van der Waals surface area (Å²) in [4.78, 5) is 29.9. The highest BCUT2D eigenvalue weighted by molar-refractivity contribution is 7.13. The van der Waals surface area contributed by atoms with E-state index in [0.29, 0.717) is 17.1 Å². The van der Waals surface area contributed by atoms with Crippen molar-refractivity contribution in [1.29, 1.82) is 0 Å². The lowest BCUT2D eigenvalue weighted by Crippen LogP contribution is -2.64. The number of aromatic nitrogens is 2. The first-order chi connectivity index (χ1) is 16.3. The average Bonchev–Trinajstić information content (AvgIpc) is 3.50. The zero-order valence-electron chi connectivity index (χ0n) is 18.8. The van der Waals surface area contributed by atoms with E-state index in [9.17, 15) is 14.0 Å². The molecule has 2 amide bonds. The standard InChI is InChI=1S/C26H23FN4O2S/c1-17-5-11-20(12-6-17)31-24(32)22-14-21(23-4-3-13-34-23)29-30(22)16-26(31,2)25(33)28-15-18-7-9-19(27)10-8-18/h3-14H,15-16H2,1-2H3,(H,28,33)/t26-/m1/s1. The van der Waals surface area contributed by atoms with Gasteiger partial charge in [0.2, 0.25) is 5.91 Å². The molecular weight excluding hydrogens is 451 g/mol. The SMILES string of the molecule is Cc1ccc(N2C(=O)c3cc(-c4cccs4)nn3C[C@]2(C)C(=O)NCc2ccc(F)cc2)cc1. The number of nitrogens with one attached hydrogen (secondary N) is 1. The van der Waals surface area contributed by atoms with Crippen LogP contribution in [0, 0.1) is 12.7 Å². The monoisotopic (exact) mass is 474 g/mol. The largest absolute Gasteiger partial charge is 0.350 e. The van der Waals surface area contributed by atoms with Gasteiger partial charge in [-0.3, -0.25) is 19.2 Å². The maximum Gasteiger partial charge on any atom is 0.277 e. The number of thiophene rings is 1. The van der Waals surface area contributed by atoms with Gasteiger partial charge in [0.15, 0.2) is 0 Å². The van der Waals surface area contributed by atoms with E-state index in [0.717, 1.165) is 16.0 Å². The lowest BCUT2D eigenvalue weighted by atomic mass is 9.93. The lowest BCUT2D eigenvalue weighted by Gasteiger charge is -2.43. The molecule has 6 nitrogen and oxygen atoms in total. The van der Waals surface area contributed by atoms with Gasteiger partial charge < -0.3 is 5.32 Å². The van der Waals surface area contributed by atoms with Crippen molar-refractivity contribution in [2.75, 3.05) is 4.90 Å². The van der Waals surface area contributed by atoms with Gasteiger partial charge in [-0.1, -0.05) is 35.9 Å². The van der Waals surface area contributed by atoms with E-state index in [2.05, 4.69) is 10.4 Å². The molecule has 2 aromatic heterocycles. The Morgan fingerprint density at radius 1 is 1.15 bits per heavy atom. The Morgan fingerprint density at radius 3 is 2.56 bits per heavy atom. The van der Waals surface area contributed by atoms with E-state index >= 15 is 0 Å². The van der Waals surface area contributed by atoms with Crippen LogP contribution in [0.3, 0.4) is 0 Å². The van der Waals surface area contributed by atoms with Gasteiger partial charge in [0.25, 0.3) is 5.91 Å². The number of carbonyl (C=O) groups excluding carboxylic acids is 2. The van der Waals surface area contributed by atoms with Crippen LogP contribution >= 0.6 is 11.3 Å². The van der Waals surface area contributed by atoms with E-state index in [4.69, 9.17) is 0 Å². The van der Waals surface area contributed by atoms with Gasteiger partial charge in [-0.25, -0.2) is 4.39 Å². The van der Waals surface area contributed by atoms with Gasteiger partial charge in [0.1, 0.15) is 22.7 Å². The highest BCUT2D eigenvalue weighted by Gasteiger charge is 2.48. The first kappa shape index (κ1) is 22.0. The van der Waals surface area contributed by atoms with Gasteiger partial charge in [-0.05, 0) is 61.2 Å². The fourth-order valence-corrected chi connectivity index (χ4v) is 4.88. The summed E-state index contributed by atoms with van der Waals surface area (Å²) >= 11 is 1.55. The van der Waals surface area contributed by atoms with Gasteiger partial charge in [-0.2, -0.15) is 5.10 Å². The Bertz CT molecular complexity index is 1350. The van der Waals surface area contributed by atoms with Crippen molar-refractivity contribution in [2.24, 2.45) is 0 Å². The first-order valence-corrected chi connectivity index (χ1v) is 11.8. The Balaban J connectivity index is 1.52. The fourth-order valence-electron chi connectivity index (χ4n) is 4.20. The fraction of sp³-hybridized carbons (Fsp3) is 0.192. The summed E-state index contributed by atoms with van der Waals surface area (Å²) in [5.74, 6) is -0.937. The quantitative estimate of drug-likeness (QED) is 0.452. The number of amides is 2. The summed E-state index contributed by atoms with van der Waals surface area (Å²) in [5, 5.41) is 9.54. The summed E-state index contributed by atoms with van der Waals surface area (Å²) < 4.78 is 14.9. The maximum absolute atomic E-state index is 13.8. The summed E-state index contributed by atoms with van der Waals surface area (Å²) in [5.41, 5.74) is 2.38. The normalized spacial score (nSPS) is 17.5. The molecule has 1 aliphatic heterocycles. The molecular formula is C26H23FN4O2S. The second-order valence-corrected chi connectivity index (χ2v) is 9.56. The number of fused-ring (bicyclic) bond motifs is 1. The predicted molar refractivity (Wildman–Crippen MR) is 130 cm³/mol. The van der Waals surface area contributed by atoms with Gasteiger partial charge in [0, 0.05) is 12.2 Å². The third-order valence-electron chi connectivity index (χ3n) is 6.07. The van der Waals surface area contributed by atoms with Crippen molar-refractivity contribution in [3.8, 4) is 10.6 Å². The zero-order chi connectivity index (χ0) is 23.9. The van der Waals surface area contributed by atoms with Crippen LogP contribution in [0.2, 0.25) is 0 Å². The number of aryl methyl sites for hydroxylation is 1. The number of anilines is 1. The predicted octanol–water partition coefficient (Wildman–Crippen LogP) is 4.79. The van der Waals surface area contributed by atoms with Gasteiger partial charge in [-0.15, -0.1) is 11.3 Å². The van der Waals surface area contributed by atoms with Crippen molar-refractivity contribution in [3.63, 3.8) is 0 Å². The van der Waals surface area contributed by atoms with Crippen LogP contribution in [-0.2, 0) is 17.9 Å². The van der Waals surface area contributed by atoms with Crippen LogP contribution < -0.4 is 10.2 Å². The molecule has 4 aromatic rings. The topological polar surface area (TPSA) is 67.2 Å². The van der Waals surface area contributed by atoms with Crippen LogP contribution in [0.25, 0.3) is 10.6 Å². The van der Waals surface area contributed by atoms with Crippen LogP contribution in [0.1, 0.15) is 28.5 Å². The summed E-state index contributed by atoms with van der Waals surface area (Å²) in [7, 11) is 0. The molecule has 5 rings (SSSR count). The smallest absolute Gasteiger partial charge is 0.277 e. The number of nitrogens with zero attached hydrogens (tertiary/aromatic N) is 3. The number of benzene rings is 2. The number of hydrogen-bond donors (Lipinski definition) is 1. The number of halogens is 1. The van der Waals surface area contributed by atoms with Gasteiger partial charge >= 0.3 is 0 Å². The molecule has 0 unspecified atom stereocenters. The van der Waals surface area contributed by atoms with E-state index in [1.165, 1.54) is 12.1 Å². The van der Waals surface area contributed by atoms with Crippen LogP contribution in [0.15, 0.2) is 72.1 Å². The Hall–Kier alpha value is -3.78. The highest BCUT2D eigenvalue weighted by Crippen LogP contribution is 2.35. The lowest BCUT2D eigenvalue weighted by molar-refractivity contribution is -0.126. The first-order valence-electron chi connectivity index (χ1n) is 10.9. The molecule has 1 atom stereocenters. The molecule has 8 heteroatoms. The van der Waals surface area contributed by atoms with E-state index < -0.39 is 5.54 Å².